The lowest BCUT2D eigenvalue weighted by atomic mass is 9.78. The number of thioether (sulfide) groups is 1. The summed E-state index contributed by atoms with van der Waals surface area (Å²) in [5.74, 6) is -2.21. The van der Waals surface area contributed by atoms with Gasteiger partial charge in [-0.05, 0) is 24.3 Å². The number of rotatable bonds is 5. The van der Waals surface area contributed by atoms with Crippen molar-refractivity contribution in [2.75, 3.05) is 19.8 Å². The molecular formula is C28H34N2O5S. The number of nitrogens with zero attached hydrogens (tertiary/aromatic N) is 2. The summed E-state index contributed by atoms with van der Waals surface area (Å²) in [5, 5.41) is 10.1. The summed E-state index contributed by atoms with van der Waals surface area (Å²) < 4.78 is 4.70. The topological polar surface area (TPSA) is 87.2 Å². The van der Waals surface area contributed by atoms with Gasteiger partial charge in [0.15, 0.2) is 0 Å². The maximum atomic E-state index is 14.3. The number of carbonyl (C=O) groups excluding carboxylic acids is 3. The van der Waals surface area contributed by atoms with Crippen LogP contribution >= 0.6 is 11.8 Å². The van der Waals surface area contributed by atoms with Gasteiger partial charge in [0.1, 0.15) is 6.04 Å². The predicted molar refractivity (Wildman–Crippen MR) is 138 cm³/mol. The Labute approximate surface area is 216 Å². The van der Waals surface area contributed by atoms with E-state index in [1.54, 1.807) is 9.80 Å². The molecule has 0 radical (unpaired) electrons. The van der Waals surface area contributed by atoms with Crippen LogP contribution in [0.2, 0.25) is 0 Å². The molecule has 1 unspecified atom stereocenters. The van der Waals surface area contributed by atoms with Crippen molar-refractivity contribution in [2.24, 2.45) is 17.8 Å². The van der Waals surface area contributed by atoms with E-state index in [-0.39, 0.29) is 35.6 Å². The average molecular weight is 511 g/mol. The predicted octanol–water partition coefficient (Wildman–Crippen LogP) is 2.79. The summed E-state index contributed by atoms with van der Waals surface area (Å²) in [6.45, 7) is 4.81. The Hall–Kier alpha value is -2.58. The Kier molecular flexibility index (Phi) is 7.01. The smallest absolute Gasteiger partial charge is 0.311 e. The van der Waals surface area contributed by atoms with Crippen molar-refractivity contribution in [3.8, 4) is 0 Å². The van der Waals surface area contributed by atoms with Gasteiger partial charge in [-0.25, -0.2) is 0 Å². The molecule has 4 heterocycles. The minimum absolute atomic E-state index is 0.0642. The van der Waals surface area contributed by atoms with E-state index in [9.17, 15) is 19.5 Å². The van der Waals surface area contributed by atoms with Crippen LogP contribution in [0, 0.1) is 17.8 Å². The number of carbonyl (C=O) groups is 3. The van der Waals surface area contributed by atoms with Crippen LogP contribution in [-0.4, -0.2) is 74.5 Å². The van der Waals surface area contributed by atoms with Gasteiger partial charge in [0, 0.05) is 18.3 Å². The van der Waals surface area contributed by atoms with Crippen LogP contribution in [0.25, 0.3) is 0 Å². The molecule has 7 nitrogen and oxygen atoms in total. The van der Waals surface area contributed by atoms with Gasteiger partial charge in [-0.2, -0.15) is 0 Å². The lowest BCUT2D eigenvalue weighted by molar-refractivity contribution is -0.154. The molecule has 4 aliphatic heterocycles. The molecule has 2 fully saturated rings. The van der Waals surface area contributed by atoms with Crippen LogP contribution in [0.3, 0.4) is 0 Å². The number of amides is 2. The van der Waals surface area contributed by atoms with Gasteiger partial charge < -0.3 is 19.6 Å². The SMILES string of the molecule is CC(C)[C@H](CO)N1C(=O)[C@@H]2[C@@H]3C(=O)OCCC/C=C\[C@@H]3S[C@@]23C=CCN(Cc2ccccc2)C(=O)C13. The third kappa shape index (κ3) is 4.08. The molecular weight excluding hydrogens is 476 g/mol. The molecule has 1 spiro atoms. The van der Waals surface area contributed by atoms with E-state index >= 15 is 0 Å². The molecule has 0 saturated carbocycles. The number of allylic oxidation sites excluding steroid dienone is 1. The summed E-state index contributed by atoms with van der Waals surface area (Å²) in [5.41, 5.74) is 1.01. The highest BCUT2D eigenvalue weighted by molar-refractivity contribution is 8.02. The highest BCUT2D eigenvalue weighted by Crippen LogP contribution is 2.61. The summed E-state index contributed by atoms with van der Waals surface area (Å²) >= 11 is 1.54. The minimum atomic E-state index is -0.903. The first-order valence-electron chi connectivity index (χ1n) is 12.8. The van der Waals surface area contributed by atoms with Crippen LogP contribution in [-0.2, 0) is 25.7 Å². The molecule has 36 heavy (non-hydrogen) atoms. The second-order valence-corrected chi connectivity index (χ2v) is 11.9. The van der Waals surface area contributed by atoms with Crippen LogP contribution in [0.5, 0.6) is 0 Å². The zero-order valence-electron chi connectivity index (χ0n) is 20.8. The second-order valence-electron chi connectivity index (χ2n) is 10.4. The van der Waals surface area contributed by atoms with Crippen LogP contribution in [0.1, 0.15) is 32.3 Å². The van der Waals surface area contributed by atoms with E-state index in [2.05, 4.69) is 6.08 Å². The first-order chi connectivity index (χ1) is 17.4. The largest absolute Gasteiger partial charge is 0.465 e. The number of aliphatic hydroxyl groups excluding tert-OH is 1. The molecule has 4 aliphatic rings. The number of hydrogen-bond acceptors (Lipinski definition) is 6. The van der Waals surface area contributed by atoms with Gasteiger partial charge in [-0.3, -0.25) is 14.4 Å². The maximum Gasteiger partial charge on any atom is 0.311 e. The zero-order chi connectivity index (χ0) is 25.4. The molecule has 1 N–H and O–H groups in total. The molecule has 192 valence electrons. The van der Waals surface area contributed by atoms with Crippen LogP contribution < -0.4 is 0 Å². The van der Waals surface area contributed by atoms with E-state index in [1.807, 2.05) is 62.4 Å². The molecule has 1 aromatic rings. The summed E-state index contributed by atoms with van der Waals surface area (Å²) in [4.78, 5) is 45.2. The van der Waals surface area contributed by atoms with Crippen molar-refractivity contribution >= 4 is 29.5 Å². The van der Waals surface area contributed by atoms with Crippen LogP contribution in [0.15, 0.2) is 54.6 Å². The first-order valence-corrected chi connectivity index (χ1v) is 13.7. The van der Waals surface area contributed by atoms with E-state index < -0.39 is 28.7 Å². The first kappa shape index (κ1) is 25.1. The minimum Gasteiger partial charge on any atom is -0.465 e. The molecule has 6 atom stereocenters. The highest BCUT2D eigenvalue weighted by Gasteiger charge is 2.71. The molecule has 0 aliphatic carbocycles. The number of esters is 1. The van der Waals surface area contributed by atoms with Gasteiger partial charge in [-0.1, -0.05) is 68.5 Å². The van der Waals surface area contributed by atoms with Gasteiger partial charge in [0.05, 0.1) is 35.8 Å². The van der Waals surface area contributed by atoms with Gasteiger partial charge in [-0.15, -0.1) is 11.8 Å². The van der Waals surface area contributed by atoms with Crippen LogP contribution in [0.4, 0.5) is 0 Å². The number of aliphatic hydroxyl groups is 1. The number of likely N-dealkylation sites (tertiary alicyclic amines) is 1. The van der Waals surface area contributed by atoms with Crippen molar-refractivity contribution < 1.29 is 24.2 Å². The fourth-order valence-electron chi connectivity index (χ4n) is 6.16. The molecule has 8 heteroatoms. The Morgan fingerprint density at radius 2 is 1.92 bits per heavy atom. The number of hydrogen-bond donors (Lipinski definition) is 1. The number of benzene rings is 1. The van der Waals surface area contributed by atoms with Crippen molar-refractivity contribution in [1.29, 1.82) is 0 Å². The second kappa shape index (κ2) is 10.1. The Morgan fingerprint density at radius 3 is 2.64 bits per heavy atom. The molecule has 2 saturated heterocycles. The summed E-state index contributed by atoms with van der Waals surface area (Å²) in [6.07, 6.45) is 9.62. The fourth-order valence-corrected chi connectivity index (χ4v) is 8.15. The van der Waals surface area contributed by atoms with E-state index in [0.717, 1.165) is 18.4 Å². The Bertz CT molecular complexity index is 1070. The molecule has 2 amide bonds. The molecule has 0 aromatic heterocycles. The maximum absolute atomic E-state index is 14.3. The van der Waals surface area contributed by atoms with Crippen molar-refractivity contribution in [2.45, 2.75) is 55.3 Å². The summed E-state index contributed by atoms with van der Waals surface area (Å²) in [7, 11) is 0. The van der Waals surface area contributed by atoms with E-state index in [0.29, 0.717) is 19.7 Å². The normalized spacial score (nSPS) is 33.7. The monoisotopic (exact) mass is 510 g/mol. The molecule has 5 rings (SSSR count). The standard InChI is InChI=1S/C28H34N2O5S/c1-18(2)20(17-31)30-24-26(33)29(16-19-10-5-3-6-11-19)14-9-13-28(24)23(25(30)32)22-21(36-28)12-7-4-8-15-35-27(22)34/h3,5-7,9-13,18,20-24,31H,4,8,14-17H2,1-2H3/b12-7-/t20-,21-,22+,23-,24?,28-/m0/s1. The lowest BCUT2D eigenvalue weighted by Crippen LogP contribution is -2.57. The Morgan fingerprint density at radius 1 is 1.14 bits per heavy atom. The van der Waals surface area contributed by atoms with Gasteiger partial charge in [0.25, 0.3) is 0 Å². The molecule has 0 bridgehead atoms. The number of ether oxygens (including phenoxy) is 1. The summed E-state index contributed by atoms with van der Waals surface area (Å²) in [6, 6.07) is 8.47. The highest BCUT2D eigenvalue weighted by atomic mass is 32.2. The zero-order valence-corrected chi connectivity index (χ0v) is 21.6. The number of fused-ring (bicyclic) bond motifs is 2. The van der Waals surface area contributed by atoms with Crippen molar-refractivity contribution in [1.82, 2.24) is 9.80 Å². The van der Waals surface area contributed by atoms with E-state index in [4.69, 9.17) is 4.74 Å². The molecule has 1 aromatic carbocycles. The quantitative estimate of drug-likeness (QED) is 0.484. The van der Waals surface area contributed by atoms with E-state index in [1.165, 1.54) is 11.8 Å². The number of cyclic esters (lactones) is 1. The Balaban J connectivity index is 1.61. The third-order valence-electron chi connectivity index (χ3n) is 7.90. The fraction of sp³-hybridized carbons (Fsp3) is 0.536. The van der Waals surface area contributed by atoms with Gasteiger partial charge >= 0.3 is 5.97 Å². The van der Waals surface area contributed by atoms with Crippen molar-refractivity contribution in [3.05, 3.63) is 60.2 Å². The lowest BCUT2D eigenvalue weighted by Gasteiger charge is -2.39. The van der Waals surface area contributed by atoms with Gasteiger partial charge in [0.2, 0.25) is 11.8 Å². The van der Waals surface area contributed by atoms with Crippen molar-refractivity contribution in [3.63, 3.8) is 0 Å². The average Bonchev–Trinajstić information content (AvgIpc) is 3.27. The third-order valence-corrected chi connectivity index (χ3v) is 9.65.